The van der Waals surface area contributed by atoms with Gasteiger partial charge in [-0.25, -0.2) is 0 Å². The Morgan fingerprint density at radius 2 is 2.13 bits per heavy atom. The van der Waals surface area contributed by atoms with Gasteiger partial charge >= 0.3 is 5.97 Å². The summed E-state index contributed by atoms with van der Waals surface area (Å²) in [6.45, 7) is 0.443. The van der Waals surface area contributed by atoms with Crippen LogP contribution in [-0.4, -0.2) is 12.6 Å². The van der Waals surface area contributed by atoms with E-state index in [1.54, 1.807) is 0 Å². The number of esters is 1. The van der Waals surface area contributed by atoms with Crippen molar-refractivity contribution in [3.8, 4) is 0 Å². The first kappa shape index (κ1) is 8.53. The predicted molar refractivity (Wildman–Crippen MR) is 54.5 cm³/mol. The third kappa shape index (κ3) is 1.40. The molecule has 76 valence electrons. The van der Waals surface area contributed by atoms with E-state index in [0.717, 1.165) is 16.7 Å². The Labute approximate surface area is 86.6 Å². The Morgan fingerprint density at radius 3 is 2.87 bits per heavy atom. The third-order valence-electron chi connectivity index (χ3n) is 2.71. The minimum absolute atomic E-state index is 0.0879. The van der Waals surface area contributed by atoms with Crippen molar-refractivity contribution in [3.63, 3.8) is 0 Å². The van der Waals surface area contributed by atoms with Crippen molar-refractivity contribution in [2.45, 2.75) is 12.3 Å². The molecule has 3 nitrogen and oxygen atoms in total. The van der Waals surface area contributed by atoms with Crippen LogP contribution < -0.4 is 0 Å². The van der Waals surface area contributed by atoms with Gasteiger partial charge in [-0.2, -0.15) is 0 Å². The number of hydrogen-bond acceptors (Lipinski definition) is 3. The fourth-order valence-electron chi connectivity index (χ4n) is 1.90. The summed E-state index contributed by atoms with van der Waals surface area (Å²) in [5.41, 5.74) is 0.867. The molecule has 3 rings (SSSR count). The molecule has 0 aliphatic carbocycles. The van der Waals surface area contributed by atoms with E-state index in [0.29, 0.717) is 13.0 Å². The molecule has 0 bridgehead atoms. The van der Waals surface area contributed by atoms with Crippen LogP contribution in [0.15, 0.2) is 34.7 Å². The topological polar surface area (TPSA) is 39.4 Å². The van der Waals surface area contributed by atoms with Crippen LogP contribution in [0.2, 0.25) is 0 Å². The SMILES string of the molecule is O=C1CC(c2cc3ccccc3o2)CO1. The zero-order chi connectivity index (χ0) is 10.3. The molecule has 1 aromatic heterocycles. The highest BCUT2D eigenvalue weighted by molar-refractivity contribution is 5.78. The highest BCUT2D eigenvalue weighted by Gasteiger charge is 2.27. The lowest BCUT2D eigenvalue weighted by molar-refractivity contribution is -0.137. The van der Waals surface area contributed by atoms with Gasteiger partial charge in [-0.15, -0.1) is 0 Å². The maximum absolute atomic E-state index is 11.0. The van der Waals surface area contributed by atoms with Gasteiger partial charge in [0, 0.05) is 5.39 Å². The summed E-state index contributed by atoms with van der Waals surface area (Å²) in [6, 6.07) is 9.82. The summed E-state index contributed by atoms with van der Waals surface area (Å²) in [5, 5.41) is 1.08. The van der Waals surface area contributed by atoms with E-state index in [2.05, 4.69) is 0 Å². The number of cyclic esters (lactones) is 1. The van der Waals surface area contributed by atoms with E-state index in [1.165, 1.54) is 0 Å². The molecule has 2 heterocycles. The number of carbonyl (C=O) groups is 1. The number of rotatable bonds is 1. The summed E-state index contributed by atoms with van der Waals surface area (Å²) in [4.78, 5) is 11.0. The van der Waals surface area contributed by atoms with Crippen LogP contribution in [0.1, 0.15) is 18.1 Å². The van der Waals surface area contributed by atoms with Crippen molar-refractivity contribution in [2.24, 2.45) is 0 Å². The minimum Gasteiger partial charge on any atom is -0.465 e. The van der Waals surface area contributed by atoms with Crippen LogP contribution in [0.5, 0.6) is 0 Å². The third-order valence-corrected chi connectivity index (χ3v) is 2.71. The van der Waals surface area contributed by atoms with Crippen LogP contribution in [-0.2, 0) is 9.53 Å². The second kappa shape index (κ2) is 3.12. The van der Waals surface area contributed by atoms with E-state index < -0.39 is 0 Å². The van der Waals surface area contributed by atoms with Crippen LogP contribution in [0.4, 0.5) is 0 Å². The average Bonchev–Trinajstić information content (AvgIpc) is 2.82. The summed E-state index contributed by atoms with van der Waals surface area (Å²) in [5.74, 6) is 0.799. The first-order chi connectivity index (χ1) is 7.33. The van der Waals surface area contributed by atoms with E-state index >= 15 is 0 Å². The largest absolute Gasteiger partial charge is 0.465 e. The first-order valence-corrected chi connectivity index (χ1v) is 4.97. The van der Waals surface area contributed by atoms with Gasteiger partial charge in [-0.1, -0.05) is 18.2 Å². The standard InChI is InChI=1S/C12H10O3/c13-12-6-9(7-14-12)11-5-8-3-1-2-4-10(8)15-11/h1-5,9H,6-7H2. The lowest BCUT2D eigenvalue weighted by Gasteiger charge is -1.98. The number of carbonyl (C=O) groups excluding carboxylic acids is 1. The van der Waals surface area contributed by atoms with Crippen LogP contribution in [0.3, 0.4) is 0 Å². The van der Waals surface area contributed by atoms with Crippen molar-refractivity contribution < 1.29 is 13.9 Å². The zero-order valence-electron chi connectivity index (χ0n) is 8.10. The van der Waals surface area contributed by atoms with Crippen molar-refractivity contribution in [1.82, 2.24) is 0 Å². The lowest BCUT2D eigenvalue weighted by Crippen LogP contribution is -1.94. The molecule has 15 heavy (non-hydrogen) atoms. The Balaban J connectivity index is 2.01. The highest BCUT2D eigenvalue weighted by Crippen LogP contribution is 2.30. The molecule has 1 fully saturated rings. The molecule has 0 amide bonds. The summed E-state index contributed by atoms with van der Waals surface area (Å²) in [6.07, 6.45) is 0.430. The number of ether oxygens (including phenoxy) is 1. The molecule has 0 N–H and O–H groups in total. The first-order valence-electron chi connectivity index (χ1n) is 4.97. The van der Waals surface area contributed by atoms with Crippen LogP contribution in [0.25, 0.3) is 11.0 Å². The second-order valence-corrected chi connectivity index (χ2v) is 3.77. The summed E-state index contributed by atoms with van der Waals surface area (Å²) in [7, 11) is 0. The van der Waals surface area contributed by atoms with Crippen molar-refractivity contribution in [2.75, 3.05) is 6.61 Å². The fraction of sp³-hybridized carbons (Fsp3) is 0.250. The molecule has 1 saturated heterocycles. The average molecular weight is 202 g/mol. The van der Waals surface area contributed by atoms with E-state index in [9.17, 15) is 4.79 Å². The van der Waals surface area contributed by atoms with Crippen molar-refractivity contribution in [3.05, 3.63) is 36.1 Å². The number of fused-ring (bicyclic) bond motifs is 1. The molecule has 0 saturated carbocycles. The Bertz CT molecular complexity index is 479. The van der Waals surface area contributed by atoms with Gasteiger partial charge in [0.05, 0.1) is 12.3 Å². The van der Waals surface area contributed by atoms with Gasteiger partial charge in [-0.3, -0.25) is 4.79 Å². The molecule has 3 heteroatoms. The Kier molecular flexibility index (Phi) is 1.78. The lowest BCUT2D eigenvalue weighted by atomic mass is 10.1. The molecule has 0 spiro atoms. The Hall–Kier alpha value is -1.77. The van der Waals surface area contributed by atoms with Gasteiger partial charge in [0.2, 0.25) is 0 Å². The second-order valence-electron chi connectivity index (χ2n) is 3.77. The highest BCUT2D eigenvalue weighted by atomic mass is 16.5. The van der Waals surface area contributed by atoms with Gasteiger partial charge in [-0.05, 0) is 12.1 Å². The smallest absolute Gasteiger partial charge is 0.306 e. The molecule has 1 aromatic carbocycles. The quantitative estimate of drug-likeness (QED) is 0.667. The molecule has 1 aliphatic rings. The van der Waals surface area contributed by atoms with Crippen LogP contribution in [0, 0.1) is 0 Å². The minimum atomic E-state index is -0.138. The normalized spacial score (nSPS) is 20.8. The van der Waals surface area contributed by atoms with Gasteiger partial charge in [0.15, 0.2) is 0 Å². The maximum Gasteiger partial charge on any atom is 0.306 e. The van der Waals surface area contributed by atoms with Gasteiger partial charge < -0.3 is 9.15 Å². The predicted octanol–water partition coefficient (Wildman–Crippen LogP) is 2.46. The Morgan fingerprint density at radius 1 is 1.27 bits per heavy atom. The molecule has 1 atom stereocenters. The molecular weight excluding hydrogens is 192 g/mol. The van der Waals surface area contributed by atoms with Crippen molar-refractivity contribution >= 4 is 16.9 Å². The number of hydrogen-bond donors (Lipinski definition) is 0. The number of furan rings is 1. The maximum atomic E-state index is 11.0. The number of benzene rings is 1. The van der Waals surface area contributed by atoms with Gasteiger partial charge in [0.1, 0.15) is 18.0 Å². The molecule has 0 radical (unpaired) electrons. The fourth-order valence-corrected chi connectivity index (χ4v) is 1.90. The van der Waals surface area contributed by atoms with Gasteiger partial charge in [0.25, 0.3) is 0 Å². The summed E-state index contributed by atoms with van der Waals surface area (Å²) >= 11 is 0. The summed E-state index contributed by atoms with van der Waals surface area (Å²) < 4.78 is 10.6. The molecule has 1 unspecified atom stereocenters. The number of para-hydroxylation sites is 1. The molecule has 1 aliphatic heterocycles. The molecular formula is C12H10O3. The van der Waals surface area contributed by atoms with E-state index in [4.69, 9.17) is 9.15 Å². The molecule has 2 aromatic rings. The van der Waals surface area contributed by atoms with E-state index in [1.807, 2.05) is 30.3 Å². The van der Waals surface area contributed by atoms with Crippen molar-refractivity contribution in [1.29, 1.82) is 0 Å². The zero-order valence-corrected chi connectivity index (χ0v) is 8.10. The van der Waals surface area contributed by atoms with Crippen LogP contribution >= 0.6 is 0 Å². The van der Waals surface area contributed by atoms with E-state index in [-0.39, 0.29) is 11.9 Å². The monoisotopic (exact) mass is 202 g/mol.